The Labute approximate surface area is 241 Å². The predicted octanol–water partition coefficient (Wildman–Crippen LogP) is 6.06. The standard InChI is InChI=1S/C32H28N2O6S/c1-18-8-10-22(11-9-18)26-25(28(36)30(37)34(26)32-33-20(3)29(41-32)31(38)39-4)27(35)23-12-14-24(15-13-23)40-17-21-7-5-6-19(2)16-21/h5-16,26,35H,17H2,1-4H3/b27-25+. The fourth-order valence-electron chi connectivity index (χ4n) is 4.69. The van der Waals surface area contributed by atoms with E-state index < -0.39 is 23.7 Å². The predicted molar refractivity (Wildman–Crippen MR) is 156 cm³/mol. The van der Waals surface area contributed by atoms with Crippen LogP contribution in [0.15, 0.2) is 78.4 Å². The molecule has 1 unspecified atom stereocenters. The van der Waals surface area contributed by atoms with Gasteiger partial charge >= 0.3 is 11.9 Å². The van der Waals surface area contributed by atoms with E-state index in [1.54, 1.807) is 43.3 Å². The van der Waals surface area contributed by atoms with Gasteiger partial charge in [-0.3, -0.25) is 14.5 Å². The van der Waals surface area contributed by atoms with Gasteiger partial charge in [0.2, 0.25) is 0 Å². The van der Waals surface area contributed by atoms with E-state index in [9.17, 15) is 19.5 Å². The maximum Gasteiger partial charge on any atom is 0.350 e. The lowest BCUT2D eigenvalue weighted by Gasteiger charge is -2.23. The van der Waals surface area contributed by atoms with E-state index in [1.165, 1.54) is 12.0 Å². The molecule has 9 heteroatoms. The average Bonchev–Trinajstić information content (AvgIpc) is 3.48. The molecule has 2 heterocycles. The second-order valence-electron chi connectivity index (χ2n) is 9.78. The van der Waals surface area contributed by atoms with Crippen LogP contribution >= 0.6 is 11.3 Å². The van der Waals surface area contributed by atoms with Gasteiger partial charge in [0.15, 0.2) is 5.13 Å². The summed E-state index contributed by atoms with van der Waals surface area (Å²) in [4.78, 5) is 45.0. The molecule has 1 aliphatic heterocycles. The molecular weight excluding hydrogens is 540 g/mol. The van der Waals surface area contributed by atoms with Crippen molar-refractivity contribution in [1.29, 1.82) is 0 Å². The van der Waals surface area contributed by atoms with Gasteiger partial charge < -0.3 is 14.6 Å². The number of aliphatic hydroxyl groups excluding tert-OH is 1. The van der Waals surface area contributed by atoms with Crippen molar-refractivity contribution in [1.82, 2.24) is 4.98 Å². The Balaban J connectivity index is 1.52. The maximum absolute atomic E-state index is 13.4. The Morgan fingerprint density at radius 2 is 1.68 bits per heavy atom. The second-order valence-corrected chi connectivity index (χ2v) is 10.8. The topological polar surface area (TPSA) is 106 Å². The van der Waals surface area contributed by atoms with Crippen LogP contribution in [-0.4, -0.2) is 34.9 Å². The first-order chi connectivity index (χ1) is 19.7. The minimum atomic E-state index is -0.955. The van der Waals surface area contributed by atoms with E-state index >= 15 is 0 Å². The third-order valence-corrected chi connectivity index (χ3v) is 7.95. The highest BCUT2D eigenvalue weighted by Gasteiger charge is 2.48. The number of thiazole rings is 1. The van der Waals surface area contributed by atoms with Gasteiger partial charge in [0.05, 0.1) is 24.4 Å². The minimum Gasteiger partial charge on any atom is -0.507 e. The lowest BCUT2D eigenvalue weighted by molar-refractivity contribution is -0.132. The van der Waals surface area contributed by atoms with E-state index in [4.69, 9.17) is 9.47 Å². The van der Waals surface area contributed by atoms with Crippen LogP contribution in [-0.2, 0) is 20.9 Å². The van der Waals surface area contributed by atoms with Crippen LogP contribution in [0.2, 0.25) is 0 Å². The molecule has 0 spiro atoms. The maximum atomic E-state index is 13.4. The van der Waals surface area contributed by atoms with Gasteiger partial charge in [0.1, 0.15) is 23.0 Å². The van der Waals surface area contributed by atoms with Crippen molar-refractivity contribution in [3.8, 4) is 5.75 Å². The Morgan fingerprint density at radius 1 is 0.976 bits per heavy atom. The van der Waals surface area contributed by atoms with Crippen LogP contribution < -0.4 is 9.64 Å². The SMILES string of the molecule is COC(=O)c1sc(N2C(=O)C(=O)/C(=C(/O)c3ccc(OCc4cccc(C)c4)cc3)C2c2ccc(C)cc2)nc1C. The number of aryl methyl sites for hydroxylation is 3. The number of ketones is 1. The molecule has 41 heavy (non-hydrogen) atoms. The van der Waals surface area contributed by atoms with E-state index in [0.717, 1.165) is 28.0 Å². The fourth-order valence-corrected chi connectivity index (χ4v) is 5.71. The first-order valence-corrected chi connectivity index (χ1v) is 13.7. The molecule has 0 saturated carbocycles. The van der Waals surface area contributed by atoms with E-state index in [-0.39, 0.29) is 21.3 Å². The first-order valence-electron chi connectivity index (χ1n) is 12.9. The third kappa shape index (κ3) is 5.49. The number of rotatable bonds is 7. The zero-order chi connectivity index (χ0) is 29.3. The van der Waals surface area contributed by atoms with Crippen molar-refractivity contribution >= 4 is 39.9 Å². The van der Waals surface area contributed by atoms with Crippen LogP contribution in [0.4, 0.5) is 5.13 Å². The number of nitrogens with zero attached hydrogens (tertiary/aromatic N) is 2. The molecule has 8 nitrogen and oxygen atoms in total. The Morgan fingerprint density at radius 3 is 2.34 bits per heavy atom. The number of anilines is 1. The van der Waals surface area contributed by atoms with Crippen LogP contribution in [0.3, 0.4) is 0 Å². The van der Waals surface area contributed by atoms with Crippen LogP contribution in [0.25, 0.3) is 5.76 Å². The van der Waals surface area contributed by atoms with Gasteiger partial charge in [-0.05, 0) is 56.2 Å². The molecule has 208 valence electrons. The number of hydrogen-bond acceptors (Lipinski definition) is 8. The minimum absolute atomic E-state index is 0.0697. The van der Waals surface area contributed by atoms with Crippen LogP contribution in [0.1, 0.15) is 49.2 Å². The molecule has 1 atom stereocenters. The molecule has 5 rings (SSSR count). The molecule has 3 aromatic carbocycles. The van der Waals surface area contributed by atoms with Gasteiger partial charge in [0, 0.05) is 5.56 Å². The molecule has 1 amide bonds. The summed E-state index contributed by atoms with van der Waals surface area (Å²) in [7, 11) is 1.26. The second kappa shape index (κ2) is 11.4. The highest BCUT2D eigenvalue weighted by molar-refractivity contribution is 7.17. The zero-order valence-corrected chi connectivity index (χ0v) is 23.8. The molecule has 4 aromatic rings. The fraction of sp³-hybridized carbons (Fsp3) is 0.188. The lowest BCUT2D eigenvalue weighted by Crippen LogP contribution is -2.29. The molecule has 1 fully saturated rings. The number of aliphatic hydroxyl groups is 1. The Kier molecular flexibility index (Phi) is 7.72. The number of esters is 1. The lowest BCUT2D eigenvalue weighted by atomic mass is 9.95. The van der Waals surface area contributed by atoms with Gasteiger partial charge in [-0.15, -0.1) is 0 Å². The number of carbonyl (C=O) groups is 3. The quantitative estimate of drug-likeness (QED) is 0.125. The highest BCUT2D eigenvalue weighted by atomic mass is 32.1. The Bertz CT molecular complexity index is 1670. The van der Waals surface area contributed by atoms with Crippen LogP contribution in [0, 0.1) is 20.8 Å². The Hall–Kier alpha value is -4.76. The van der Waals surface area contributed by atoms with E-state index in [0.29, 0.717) is 29.2 Å². The molecule has 1 aromatic heterocycles. The zero-order valence-electron chi connectivity index (χ0n) is 23.0. The molecule has 1 saturated heterocycles. The summed E-state index contributed by atoms with van der Waals surface area (Å²) in [6.45, 7) is 5.96. The summed E-state index contributed by atoms with van der Waals surface area (Å²) < 4.78 is 10.7. The number of methoxy groups -OCH3 is 1. The average molecular weight is 569 g/mol. The number of hydrogen-bond donors (Lipinski definition) is 1. The third-order valence-electron chi connectivity index (χ3n) is 6.82. The number of ether oxygens (including phenoxy) is 2. The molecule has 1 aliphatic rings. The monoisotopic (exact) mass is 568 g/mol. The number of Topliss-reactive ketones (excluding diaryl/α,β-unsaturated/α-hetero) is 1. The summed E-state index contributed by atoms with van der Waals surface area (Å²) in [5.41, 5.74) is 4.44. The van der Waals surface area contributed by atoms with Crippen LogP contribution in [0.5, 0.6) is 5.75 Å². The van der Waals surface area contributed by atoms with Gasteiger partial charge in [0.25, 0.3) is 5.78 Å². The van der Waals surface area contributed by atoms with Crippen molar-refractivity contribution in [3.05, 3.63) is 117 Å². The van der Waals surface area contributed by atoms with Gasteiger partial charge in [-0.1, -0.05) is 71.0 Å². The van der Waals surface area contributed by atoms with E-state index in [1.807, 2.05) is 50.2 Å². The van der Waals surface area contributed by atoms with E-state index in [2.05, 4.69) is 4.98 Å². The number of aromatic nitrogens is 1. The van der Waals surface area contributed by atoms with Crippen molar-refractivity contribution < 1.29 is 29.0 Å². The summed E-state index contributed by atoms with van der Waals surface area (Å²) in [5, 5.41) is 11.6. The summed E-state index contributed by atoms with van der Waals surface area (Å²) in [5.74, 6) is -2.00. The molecule has 0 aliphatic carbocycles. The van der Waals surface area contributed by atoms with Gasteiger partial charge in [-0.25, -0.2) is 9.78 Å². The smallest absolute Gasteiger partial charge is 0.350 e. The molecular formula is C32H28N2O6S. The van der Waals surface area contributed by atoms with Crippen molar-refractivity contribution in [2.75, 3.05) is 12.0 Å². The summed E-state index contributed by atoms with van der Waals surface area (Å²) in [6.07, 6.45) is 0. The number of carbonyl (C=O) groups excluding carboxylic acids is 3. The number of benzene rings is 3. The molecule has 1 N–H and O–H groups in total. The molecule has 0 radical (unpaired) electrons. The number of amides is 1. The molecule has 0 bridgehead atoms. The normalized spacial score (nSPS) is 16.2. The van der Waals surface area contributed by atoms with Crippen molar-refractivity contribution in [3.63, 3.8) is 0 Å². The van der Waals surface area contributed by atoms with Gasteiger partial charge in [-0.2, -0.15) is 0 Å². The van der Waals surface area contributed by atoms with Crippen molar-refractivity contribution in [2.45, 2.75) is 33.4 Å². The van der Waals surface area contributed by atoms with Crippen molar-refractivity contribution in [2.24, 2.45) is 0 Å². The summed E-state index contributed by atoms with van der Waals surface area (Å²) in [6, 6.07) is 21.1. The first kappa shape index (κ1) is 27.8. The largest absolute Gasteiger partial charge is 0.507 e. The highest BCUT2D eigenvalue weighted by Crippen LogP contribution is 2.44. The summed E-state index contributed by atoms with van der Waals surface area (Å²) >= 11 is 0.959.